The molecule has 3 aromatic rings. The Bertz CT molecular complexity index is 1190. The number of halogens is 2. The Kier molecular flexibility index (Phi) is 7.90. The first-order valence-electron chi connectivity index (χ1n) is 12.4. The molecule has 0 bridgehead atoms. The first kappa shape index (κ1) is 25.6. The molecule has 194 valence electrons. The molecule has 1 unspecified atom stereocenters. The SMILES string of the molecule is CCn1nccc1C(=O)NC(c1cn2nc(C)cnc2n1)C1CCC(F)(F)CC1.O=C1CCCCN1. The van der Waals surface area contributed by atoms with E-state index < -0.39 is 12.0 Å². The van der Waals surface area contributed by atoms with Crippen molar-refractivity contribution in [2.75, 3.05) is 6.54 Å². The van der Waals surface area contributed by atoms with Gasteiger partial charge in [0.1, 0.15) is 5.69 Å². The van der Waals surface area contributed by atoms with Crippen molar-refractivity contribution >= 4 is 17.6 Å². The molecule has 0 aromatic carbocycles. The van der Waals surface area contributed by atoms with Gasteiger partial charge in [0, 0.05) is 38.5 Å². The lowest BCUT2D eigenvalue weighted by Crippen LogP contribution is -2.38. The molecule has 4 heterocycles. The number of hydrogen-bond donors (Lipinski definition) is 2. The number of nitrogens with zero attached hydrogens (tertiary/aromatic N) is 6. The van der Waals surface area contributed by atoms with Gasteiger partial charge in [-0.25, -0.2) is 23.3 Å². The van der Waals surface area contributed by atoms with Crippen LogP contribution in [0.4, 0.5) is 8.78 Å². The number of amides is 2. The zero-order valence-corrected chi connectivity index (χ0v) is 20.6. The third kappa shape index (κ3) is 6.21. The van der Waals surface area contributed by atoms with Crippen molar-refractivity contribution < 1.29 is 18.4 Å². The van der Waals surface area contributed by atoms with Gasteiger partial charge in [-0.3, -0.25) is 14.3 Å². The number of nitrogens with one attached hydrogen (secondary N) is 2. The van der Waals surface area contributed by atoms with E-state index >= 15 is 0 Å². The minimum absolute atomic E-state index is 0.150. The molecule has 5 rings (SSSR count). The predicted octanol–water partition coefficient (Wildman–Crippen LogP) is 3.23. The van der Waals surface area contributed by atoms with E-state index in [0.29, 0.717) is 36.6 Å². The Morgan fingerprint density at radius 3 is 2.72 bits per heavy atom. The molecule has 2 amide bonds. The van der Waals surface area contributed by atoms with Crippen LogP contribution in [0.1, 0.15) is 79.8 Å². The van der Waals surface area contributed by atoms with Gasteiger partial charge in [-0.05, 0) is 51.5 Å². The average molecular weight is 503 g/mol. The average Bonchev–Trinajstić information content (AvgIpc) is 3.50. The summed E-state index contributed by atoms with van der Waals surface area (Å²) in [6, 6.07) is 1.13. The smallest absolute Gasteiger partial charge is 0.270 e. The van der Waals surface area contributed by atoms with Crippen LogP contribution >= 0.6 is 0 Å². The van der Waals surface area contributed by atoms with Gasteiger partial charge in [-0.15, -0.1) is 0 Å². The van der Waals surface area contributed by atoms with Crippen molar-refractivity contribution in [1.82, 2.24) is 40.0 Å². The third-order valence-corrected chi connectivity index (χ3v) is 6.56. The second-order valence-electron chi connectivity index (χ2n) is 9.29. The highest BCUT2D eigenvalue weighted by Gasteiger charge is 2.39. The lowest BCUT2D eigenvalue weighted by molar-refractivity contribution is -0.122. The van der Waals surface area contributed by atoms with Crippen molar-refractivity contribution in [1.29, 1.82) is 0 Å². The van der Waals surface area contributed by atoms with Crippen LogP contribution < -0.4 is 10.6 Å². The molecule has 1 saturated carbocycles. The molecule has 2 N–H and O–H groups in total. The normalized spacial score (nSPS) is 18.7. The predicted molar refractivity (Wildman–Crippen MR) is 127 cm³/mol. The largest absolute Gasteiger partial charge is 0.356 e. The van der Waals surface area contributed by atoms with Crippen molar-refractivity contribution in [2.45, 2.75) is 77.3 Å². The van der Waals surface area contributed by atoms with E-state index in [1.165, 1.54) is 0 Å². The van der Waals surface area contributed by atoms with Gasteiger partial charge in [0.25, 0.3) is 11.7 Å². The topological polar surface area (TPSA) is 119 Å². The van der Waals surface area contributed by atoms with E-state index in [1.807, 2.05) is 13.8 Å². The zero-order chi connectivity index (χ0) is 25.7. The molecular formula is C24H32F2N8O2. The number of piperidine rings is 1. The number of imidazole rings is 1. The zero-order valence-electron chi connectivity index (χ0n) is 20.6. The molecule has 0 radical (unpaired) electrons. The van der Waals surface area contributed by atoms with E-state index in [2.05, 4.69) is 30.8 Å². The lowest BCUT2D eigenvalue weighted by atomic mass is 9.81. The fourth-order valence-electron chi connectivity index (χ4n) is 4.59. The summed E-state index contributed by atoms with van der Waals surface area (Å²) in [7, 11) is 0. The molecule has 1 saturated heterocycles. The standard InChI is InChI=1S/C19H23F2N7O.C5H9NO/c1-3-27-15(6-9-23-27)17(29)25-16(13-4-7-19(20,21)8-5-13)14-11-28-18(24-14)22-10-12(2)26-28;7-5-3-1-2-4-6-5/h6,9-11,13,16H,3-5,7-8H2,1-2H3,(H,25,29);1-4H2,(H,6,7). The Morgan fingerprint density at radius 2 is 2.08 bits per heavy atom. The fraction of sp³-hybridized carbons (Fsp3) is 0.583. The molecule has 2 fully saturated rings. The number of hydrogen-bond acceptors (Lipinski definition) is 6. The Hall–Kier alpha value is -3.44. The Morgan fingerprint density at radius 1 is 1.31 bits per heavy atom. The summed E-state index contributed by atoms with van der Waals surface area (Å²) in [5.41, 5.74) is 1.72. The van der Waals surface area contributed by atoms with E-state index in [0.717, 1.165) is 31.5 Å². The van der Waals surface area contributed by atoms with Crippen LogP contribution in [0.15, 0.2) is 24.7 Å². The minimum Gasteiger partial charge on any atom is -0.356 e. The first-order chi connectivity index (χ1) is 17.3. The third-order valence-electron chi connectivity index (χ3n) is 6.56. The molecule has 1 atom stereocenters. The maximum absolute atomic E-state index is 13.7. The minimum atomic E-state index is -2.65. The number of carbonyl (C=O) groups is 2. The summed E-state index contributed by atoms with van der Waals surface area (Å²) < 4.78 is 30.6. The van der Waals surface area contributed by atoms with Crippen molar-refractivity contribution in [3.8, 4) is 0 Å². The van der Waals surface area contributed by atoms with Crippen LogP contribution in [0.3, 0.4) is 0 Å². The fourth-order valence-corrected chi connectivity index (χ4v) is 4.59. The molecule has 1 aliphatic heterocycles. The first-order valence-corrected chi connectivity index (χ1v) is 12.4. The quantitative estimate of drug-likeness (QED) is 0.553. The second-order valence-corrected chi connectivity index (χ2v) is 9.29. The van der Waals surface area contributed by atoms with E-state index in [-0.39, 0.29) is 30.6 Å². The van der Waals surface area contributed by atoms with Gasteiger partial charge in [-0.2, -0.15) is 10.2 Å². The summed E-state index contributed by atoms with van der Waals surface area (Å²) >= 11 is 0. The summed E-state index contributed by atoms with van der Waals surface area (Å²) in [5, 5.41) is 14.2. The Balaban J connectivity index is 0.000000375. The molecule has 2 aliphatic rings. The van der Waals surface area contributed by atoms with Crippen LogP contribution in [0, 0.1) is 12.8 Å². The highest BCUT2D eigenvalue weighted by molar-refractivity contribution is 5.92. The highest BCUT2D eigenvalue weighted by Crippen LogP contribution is 2.41. The van der Waals surface area contributed by atoms with Gasteiger partial charge in [0.15, 0.2) is 0 Å². The molecule has 0 spiro atoms. The van der Waals surface area contributed by atoms with Crippen LogP contribution in [-0.2, 0) is 11.3 Å². The number of aromatic nitrogens is 6. The summed E-state index contributed by atoms with van der Waals surface area (Å²) in [4.78, 5) is 32.0. The number of rotatable bonds is 5. The lowest BCUT2D eigenvalue weighted by Gasteiger charge is -2.33. The van der Waals surface area contributed by atoms with Gasteiger partial charge in [-0.1, -0.05) is 0 Å². The summed E-state index contributed by atoms with van der Waals surface area (Å²) in [6.07, 6.45) is 8.08. The highest BCUT2D eigenvalue weighted by atomic mass is 19.3. The maximum Gasteiger partial charge on any atom is 0.270 e. The van der Waals surface area contributed by atoms with E-state index in [9.17, 15) is 18.4 Å². The van der Waals surface area contributed by atoms with Gasteiger partial charge < -0.3 is 10.6 Å². The number of fused-ring (bicyclic) bond motifs is 1. The monoisotopic (exact) mass is 502 g/mol. The Labute approximate surface area is 207 Å². The summed E-state index contributed by atoms with van der Waals surface area (Å²) in [6.45, 7) is 5.16. The van der Waals surface area contributed by atoms with Crippen LogP contribution in [0.25, 0.3) is 5.78 Å². The van der Waals surface area contributed by atoms with Crippen LogP contribution in [0.5, 0.6) is 0 Å². The molecule has 1 aliphatic carbocycles. The number of alkyl halides is 2. The van der Waals surface area contributed by atoms with Crippen LogP contribution in [0.2, 0.25) is 0 Å². The number of aryl methyl sites for hydroxylation is 2. The molecular weight excluding hydrogens is 470 g/mol. The van der Waals surface area contributed by atoms with Gasteiger partial charge in [0.2, 0.25) is 11.8 Å². The maximum atomic E-state index is 13.7. The summed E-state index contributed by atoms with van der Waals surface area (Å²) in [5.74, 6) is -2.48. The molecule has 10 nitrogen and oxygen atoms in total. The second kappa shape index (κ2) is 11.1. The van der Waals surface area contributed by atoms with Crippen LogP contribution in [-0.4, -0.2) is 53.6 Å². The van der Waals surface area contributed by atoms with Gasteiger partial charge in [0.05, 0.1) is 29.8 Å². The molecule has 12 heteroatoms. The van der Waals surface area contributed by atoms with E-state index in [1.54, 1.807) is 33.9 Å². The van der Waals surface area contributed by atoms with Crippen molar-refractivity contribution in [3.05, 3.63) is 41.7 Å². The van der Waals surface area contributed by atoms with Crippen molar-refractivity contribution in [3.63, 3.8) is 0 Å². The van der Waals surface area contributed by atoms with E-state index in [4.69, 9.17) is 0 Å². The molecule has 3 aromatic heterocycles. The number of carbonyl (C=O) groups excluding carboxylic acids is 2. The van der Waals surface area contributed by atoms with Crippen molar-refractivity contribution in [2.24, 2.45) is 5.92 Å². The molecule has 36 heavy (non-hydrogen) atoms. The van der Waals surface area contributed by atoms with Gasteiger partial charge >= 0.3 is 0 Å².